The van der Waals surface area contributed by atoms with E-state index in [-0.39, 0.29) is 10.9 Å². The number of hydrogen-bond acceptors (Lipinski definition) is 3. The van der Waals surface area contributed by atoms with Crippen LogP contribution in [0.5, 0.6) is 0 Å². The summed E-state index contributed by atoms with van der Waals surface area (Å²) < 4.78 is 25.2. The van der Waals surface area contributed by atoms with Crippen molar-refractivity contribution in [1.82, 2.24) is 5.32 Å². The highest BCUT2D eigenvalue weighted by atomic mass is 79.9. The molecule has 0 heterocycles. The Hall–Kier alpha value is -0.880. The molecule has 0 aromatic heterocycles. The van der Waals surface area contributed by atoms with Crippen LogP contribution in [0, 0.1) is 17.8 Å². The van der Waals surface area contributed by atoms with Gasteiger partial charge in [0.15, 0.2) is 9.84 Å². The molecule has 0 saturated heterocycles. The van der Waals surface area contributed by atoms with E-state index >= 15 is 0 Å². The van der Waals surface area contributed by atoms with Gasteiger partial charge in [-0.05, 0) is 82.1 Å². The third-order valence-corrected chi connectivity index (χ3v) is 9.09. The molecule has 1 aromatic carbocycles. The summed E-state index contributed by atoms with van der Waals surface area (Å²) >= 11 is 3.30. The van der Waals surface area contributed by atoms with Crippen LogP contribution in [0.25, 0.3) is 0 Å². The molecule has 0 radical (unpaired) electrons. The fraction of sp³-hybridized carbons (Fsp3) is 0.632. The van der Waals surface area contributed by atoms with Crippen molar-refractivity contribution in [2.75, 3.05) is 0 Å². The number of amides is 1. The van der Waals surface area contributed by atoms with Crippen molar-refractivity contribution in [3.8, 4) is 0 Å². The summed E-state index contributed by atoms with van der Waals surface area (Å²) in [5.74, 6) is 1.56. The van der Waals surface area contributed by atoms with E-state index in [2.05, 4.69) is 21.2 Å². The number of carbonyl (C=O) groups is 1. The third-order valence-electron chi connectivity index (χ3n) is 6.14. The minimum atomic E-state index is -3.77. The summed E-state index contributed by atoms with van der Waals surface area (Å²) in [5, 5.41) is 3.01. The SMILES string of the molecule is CC(NC(=O)C(C)(C)S(=O)(=O)c1ccc(Br)cc1)C1CC2CCC1C2. The standard InChI is InChI=1S/C19H26BrNO3S/c1-12(17-11-13-4-5-14(17)10-13)21-18(22)19(2,3)25(23,24)16-8-6-15(20)7-9-16/h6-9,12-14,17H,4-5,10-11H2,1-3H3,(H,21,22). The van der Waals surface area contributed by atoms with Gasteiger partial charge in [-0.25, -0.2) is 8.42 Å². The van der Waals surface area contributed by atoms with Crippen molar-refractivity contribution in [3.05, 3.63) is 28.7 Å². The van der Waals surface area contributed by atoms with Crippen LogP contribution in [0.15, 0.2) is 33.6 Å². The van der Waals surface area contributed by atoms with Crippen LogP contribution in [0.4, 0.5) is 0 Å². The van der Waals surface area contributed by atoms with E-state index in [1.165, 1.54) is 45.2 Å². The summed E-state index contributed by atoms with van der Waals surface area (Å²) in [6.45, 7) is 5.01. The molecule has 2 fully saturated rings. The zero-order valence-corrected chi connectivity index (χ0v) is 17.4. The van der Waals surface area contributed by atoms with Gasteiger partial charge in [0.25, 0.3) is 0 Å². The van der Waals surface area contributed by atoms with Gasteiger partial charge in [-0.15, -0.1) is 0 Å². The maximum Gasteiger partial charge on any atom is 0.241 e. The van der Waals surface area contributed by atoms with Crippen LogP contribution >= 0.6 is 15.9 Å². The first-order valence-corrected chi connectivity index (χ1v) is 11.2. The molecule has 2 saturated carbocycles. The molecule has 4 unspecified atom stereocenters. The summed E-state index contributed by atoms with van der Waals surface area (Å²) in [5.41, 5.74) is 0. The number of benzene rings is 1. The Labute approximate surface area is 158 Å². The Morgan fingerprint density at radius 3 is 2.36 bits per heavy atom. The molecular formula is C19H26BrNO3S. The second-order valence-electron chi connectivity index (χ2n) is 8.07. The summed E-state index contributed by atoms with van der Waals surface area (Å²) in [6, 6.07) is 6.45. The average molecular weight is 428 g/mol. The van der Waals surface area contributed by atoms with Crippen molar-refractivity contribution in [3.63, 3.8) is 0 Å². The van der Waals surface area contributed by atoms with Gasteiger partial charge in [-0.3, -0.25) is 4.79 Å². The molecule has 1 amide bonds. The number of halogens is 1. The number of rotatable bonds is 5. The van der Waals surface area contributed by atoms with E-state index in [1.807, 2.05) is 6.92 Å². The van der Waals surface area contributed by atoms with E-state index in [0.29, 0.717) is 11.8 Å². The second-order valence-corrected chi connectivity index (χ2v) is 11.5. The molecule has 2 aliphatic rings. The molecule has 3 rings (SSSR count). The first-order valence-electron chi connectivity index (χ1n) is 8.94. The lowest BCUT2D eigenvalue weighted by molar-refractivity contribution is -0.124. The average Bonchev–Trinajstić information content (AvgIpc) is 3.18. The fourth-order valence-corrected chi connectivity index (χ4v) is 6.08. The molecule has 25 heavy (non-hydrogen) atoms. The zero-order valence-electron chi connectivity index (χ0n) is 15.0. The quantitative estimate of drug-likeness (QED) is 0.773. The van der Waals surface area contributed by atoms with Gasteiger partial charge < -0.3 is 5.32 Å². The van der Waals surface area contributed by atoms with Crippen LogP contribution in [0.3, 0.4) is 0 Å². The first-order chi connectivity index (χ1) is 11.6. The fourth-order valence-electron chi connectivity index (χ4n) is 4.42. The first kappa shape index (κ1) is 18.9. The van der Waals surface area contributed by atoms with Crippen molar-refractivity contribution >= 4 is 31.7 Å². The molecule has 1 aromatic rings. The molecule has 4 nitrogen and oxygen atoms in total. The topological polar surface area (TPSA) is 63.2 Å². The monoisotopic (exact) mass is 427 g/mol. The van der Waals surface area contributed by atoms with Crippen LogP contribution in [-0.4, -0.2) is 25.1 Å². The molecule has 6 heteroatoms. The van der Waals surface area contributed by atoms with E-state index in [9.17, 15) is 13.2 Å². The minimum Gasteiger partial charge on any atom is -0.352 e. The molecule has 138 valence electrons. The second kappa shape index (κ2) is 6.69. The third kappa shape index (κ3) is 3.39. The Morgan fingerprint density at radius 1 is 1.20 bits per heavy atom. The maximum atomic E-state index is 13.0. The lowest BCUT2D eigenvalue weighted by Gasteiger charge is -2.32. The number of sulfone groups is 1. The van der Waals surface area contributed by atoms with Gasteiger partial charge in [0.1, 0.15) is 4.75 Å². The normalized spacial score (nSPS) is 27.3. The van der Waals surface area contributed by atoms with Crippen molar-refractivity contribution in [2.45, 2.75) is 62.1 Å². The van der Waals surface area contributed by atoms with E-state index in [0.717, 1.165) is 16.8 Å². The van der Waals surface area contributed by atoms with Gasteiger partial charge >= 0.3 is 0 Å². The molecule has 2 aliphatic carbocycles. The van der Waals surface area contributed by atoms with Gasteiger partial charge in [-0.2, -0.15) is 0 Å². The van der Waals surface area contributed by atoms with E-state index in [4.69, 9.17) is 0 Å². The van der Waals surface area contributed by atoms with Crippen LogP contribution < -0.4 is 5.32 Å². The van der Waals surface area contributed by atoms with Crippen LogP contribution in [0.1, 0.15) is 46.5 Å². The Morgan fingerprint density at radius 2 is 1.84 bits per heavy atom. The van der Waals surface area contributed by atoms with Crippen molar-refractivity contribution in [2.24, 2.45) is 17.8 Å². The van der Waals surface area contributed by atoms with Crippen LogP contribution in [-0.2, 0) is 14.6 Å². The Bertz CT molecular complexity index is 757. The molecular weight excluding hydrogens is 402 g/mol. The smallest absolute Gasteiger partial charge is 0.241 e. The largest absolute Gasteiger partial charge is 0.352 e. The molecule has 0 aliphatic heterocycles. The number of nitrogens with one attached hydrogen (secondary N) is 1. The molecule has 1 N–H and O–H groups in total. The van der Waals surface area contributed by atoms with Crippen LogP contribution in [0.2, 0.25) is 0 Å². The number of hydrogen-bond donors (Lipinski definition) is 1. The van der Waals surface area contributed by atoms with Crippen molar-refractivity contribution < 1.29 is 13.2 Å². The van der Waals surface area contributed by atoms with Gasteiger partial charge in [0, 0.05) is 10.5 Å². The molecule has 2 bridgehead atoms. The van der Waals surface area contributed by atoms with Gasteiger partial charge in [0.2, 0.25) is 5.91 Å². The Kier molecular flexibility index (Phi) is 5.06. The van der Waals surface area contributed by atoms with Gasteiger partial charge in [0.05, 0.1) is 4.90 Å². The number of fused-ring (bicyclic) bond motifs is 2. The molecule has 4 atom stereocenters. The highest BCUT2D eigenvalue weighted by Gasteiger charge is 2.46. The van der Waals surface area contributed by atoms with E-state index < -0.39 is 20.5 Å². The zero-order chi connectivity index (χ0) is 18.4. The lowest BCUT2D eigenvalue weighted by Crippen LogP contribution is -2.52. The summed E-state index contributed by atoms with van der Waals surface area (Å²) in [6.07, 6.45) is 4.98. The summed E-state index contributed by atoms with van der Waals surface area (Å²) in [7, 11) is -3.77. The summed E-state index contributed by atoms with van der Waals surface area (Å²) in [4.78, 5) is 13.0. The molecule has 0 spiro atoms. The van der Waals surface area contributed by atoms with Gasteiger partial charge in [-0.1, -0.05) is 22.4 Å². The Balaban J connectivity index is 1.74. The minimum absolute atomic E-state index is 0.0159. The highest BCUT2D eigenvalue weighted by Crippen LogP contribution is 2.49. The van der Waals surface area contributed by atoms with E-state index in [1.54, 1.807) is 12.1 Å². The van der Waals surface area contributed by atoms with Crippen molar-refractivity contribution in [1.29, 1.82) is 0 Å². The number of carbonyl (C=O) groups excluding carboxylic acids is 1. The predicted molar refractivity (Wildman–Crippen MR) is 102 cm³/mol. The predicted octanol–water partition coefficient (Wildman–Crippen LogP) is 3.94. The maximum absolute atomic E-state index is 13.0. The highest BCUT2D eigenvalue weighted by molar-refractivity contribution is 9.10. The lowest BCUT2D eigenvalue weighted by atomic mass is 9.84.